The third-order valence-corrected chi connectivity index (χ3v) is 8.25. The van der Waals surface area contributed by atoms with Crippen LogP contribution in [0.5, 0.6) is 0 Å². The minimum atomic E-state index is 0.774. The summed E-state index contributed by atoms with van der Waals surface area (Å²) in [5.41, 5.74) is 4.11. The summed E-state index contributed by atoms with van der Waals surface area (Å²) in [5.74, 6) is 3.80. The molecule has 2 aliphatic carbocycles. The van der Waals surface area contributed by atoms with Gasteiger partial charge in [-0.2, -0.15) is 0 Å². The van der Waals surface area contributed by atoms with Gasteiger partial charge >= 0.3 is 0 Å². The van der Waals surface area contributed by atoms with Crippen LogP contribution in [0.4, 0.5) is 0 Å². The summed E-state index contributed by atoms with van der Waals surface area (Å²) in [7, 11) is 0. The number of halogens is 1. The van der Waals surface area contributed by atoms with Crippen LogP contribution in [0.3, 0.4) is 0 Å². The van der Waals surface area contributed by atoms with Gasteiger partial charge in [0.2, 0.25) is 0 Å². The van der Waals surface area contributed by atoms with Crippen molar-refractivity contribution in [3.8, 4) is 11.1 Å². The summed E-state index contributed by atoms with van der Waals surface area (Å²) >= 11 is 6.03. The summed E-state index contributed by atoms with van der Waals surface area (Å²) in [4.78, 5) is 0. The normalized spacial score (nSPS) is 26.3. The Morgan fingerprint density at radius 2 is 1.33 bits per heavy atom. The van der Waals surface area contributed by atoms with Crippen molar-refractivity contribution in [2.75, 3.05) is 0 Å². The van der Waals surface area contributed by atoms with Crippen LogP contribution in [0.25, 0.3) is 11.1 Å². The van der Waals surface area contributed by atoms with Gasteiger partial charge in [0.15, 0.2) is 0 Å². The fourth-order valence-electron chi connectivity index (χ4n) is 6.18. The first-order valence-corrected chi connectivity index (χ1v) is 13.0. The molecule has 30 heavy (non-hydrogen) atoms. The molecular formula is C29H39Cl. The van der Waals surface area contributed by atoms with Gasteiger partial charge in [-0.05, 0) is 84.6 Å². The molecule has 0 amide bonds. The van der Waals surface area contributed by atoms with Crippen molar-refractivity contribution in [3.63, 3.8) is 0 Å². The lowest BCUT2D eigenvalue weighted by Gasteiger charge is -2.42. The first kappa shape index (κ1) is 21.9. The predicted molar refractivity (Wildman–Crippen MR) is 131 cm³/mol. The van der Waals surface area contributed by atoms with Crippen molar-refractivity contribution in [1.29, 1.82) is 0 Å². The monoisotopic (exact) mass is 422 g/mol. The highest BCUT2D eigenvalue weighted by Crippen LogP contribution is 2.48. The second-order valence-electron chi connectivity index (χ2n) is 10.0. The molecule has 2 aromatic carbocycles. The summed E-state index contributed by atoms with van der Waals surface area (Å²) in [5, 5.41) is 0.804. The van der Waals surface area contributed by atoms with Gasteiger partial charge in [0.05, 0.1) is 0 Å². The van der Waals surface area contributed by atoms with Crippen molar-refractivity contribution in [2.45, 2.75) is 89.9 Å². The average Bonchev–Trinajstić information content (AvgIpc) is 2.79. The second-order valence-corrected chi connectivity index (χ2v) is 10.5. The van der Waals surface area contributed by atoms with E-state index >= 15 is 0 Å². The van der Waals surface area contributed by atoms with Crippen molar-refractivity contribution in [3.05, 3.63) is 59.1 Å². The fourth-order valence-corrected chi connectivity index (χ4v) is 6.30. The lowest BCUT2D eigenvalue weighted by molar-refractivity contribution is 0.113. The summed E-state index contributed by atoms with van der Waals surface area (Å²) in [6.07, 6.45) is 17.5. The molecule has 0 N–H and O–H groups in total. The smallest absolute Gasteiger partial charge is 0.0406 e. The number of fused-ring (bicyclic) bond motifs is 1. The van der Waals surface area contributed by atoms with Crippen molar-refractivity contribution in [1.82, 2.24) is 0 Å². The minimum Gasteiger partial charge on any atom is -0.0843 e. The van der Waals surface area contributed by atoms with Gasteiger partial charge in [-0.25, -0.2) is 0 Å². The van der Waals surface area contributed by atoms with E-state index in [9.17, 15) is 0 Å². The third-order valence-electron chi connectivity index (χ3n) is 8.00. The Kier molecular flexibility index (Phi) is 7.94. The van der Waals surface area contributed by atoms with E-state index < -0.39 is 0 Å². The maximum absolute atomic E-state index is 6.03. The van der Waals surface area contributed by atoms with Crippen molar-refractivity contribution >= 4 is 11.6 Å². The molecule has 0 heterocycles. The van der Waals surface area contributed by atoms with E-state index in [1.807, 2.05) is 12.1 Å². The van der Waals surface area contributed by atoms with Gasteiger partial charge in [0.25, 0.3) is 0 Å². The Labute approximate surface area is 189 Å². The van der Waals surface area contributed by atoms with Gasteiger partial charge in [0.1, 0.15) is 0 Å². The van der Waals surface area contributed by atoms with E-state index in [1.54, 1.807) is 5.56 Å². The Hall–Kier alpha value is -1.27. The molecule has 2 aliphatic rings. The molecule has 4 atom stereocenters. The average molecular weight is 423 g/mol. The number of unbranched alkanes of at least 4 members (excludes halogenated alkanes) is 4. The molecule has 0 aromatic heterocycles. The van der Waals surface area contributed by atoms with E-state index in [-0.39, 0.29) is 0 Å². The third kappa shape index (κ3) is 5.70. The van der Waals surface area contributed by atoms with Gasteiger partial charge in [-0.15, -0.1) is 0 Å². The van der Waals surface area contributed by atoms with Gasteiger partial charge in [-0.1, -0.05) is 99.9 Å². The summed E-state index contributed by atoms with van der Waals surface area (Å²) < 4.78 is 0. The fraction of sp³-hybridized carbons (Fsp3) is 0.586. The van der Waals surface area contributed by atoms with E-state index in [2.05, 4.69) is 43.3 Å². The molecule has 2 fully saturated rings. The Bertz CT molecular complexity index is 760. The molecule has 0 spiro atoms. The molecule has 0 saturated heterocycles. The molecule has 2 saturated carbocycles. The maximum Gasteiger partial charge on any atom is 0.0406 e. The van der Waals surface area contributed by atoms with Crippen LogP contribution in [0.1, 0.15) is 95.5 Å². The first-order valence-electron chi connectivity index (χ1n) is 12.6. The Balaban J connectivity index is 1.27. The molecule has 0 bridgehead atoms. The number of rotatable bonds is 8. The lowest BCUT2D eigenvalue weighted by atomic mass is 9.63. The Morgan fingerprint density at radius 1 is 0.700 bits per heavy atom. The first-order chi connectivity index (χ1) is 14.7. The molecule has 0 aliphatic heterocycles. The maximum atomic E-state index is 6.03. The quantitative estimate of drug-likeness (QED) is 0.371. The number of benzene rings is 2. The van der Waals surface area contributed by atoms with Crippen LogP contribution in [-0.2, 0) is 0 Å². The second kappa shape index (κ2) is 10.9. The lowest BCUT2D eigenvalue weighted by Crippen LogP contribution is -2.30. The van der Waals surface area contributed by atoms with Crippen molar-refractivity contribution in [2.24, 2.45) is 17.8 Å². The van der Waals surface area contributed by atoms with Crippen LogP contribution in [0.2, 0.25) is 5.02 Å². The van der Waals surface area contributed by atoms with E-state index in [4.69, 9.17) is 11.6 Å². The number of hydrogen-bond acceptors (Lipinski definition) is 0. The van der Waals surface area contributed by atoms with E-state index in [0.717, 1.165) is 28.7 Å². The molecule has 2 aromatic rings. The number of hydrogen-bond donors (Lipinski definition) is 0. The topological polar surface area (TPSA) is 0 Å². The molecule has 162 valence electrons. The molecule has 4 unspecified atom stereocenters. The molecule has 4 rings (SSSR count). The zero-order valence-electron chi connectivity index (χ0n) is 18.8. The van der Waals surface area contributed by atoms with E-state index in [0.29, 0.717) is 0 Å². The Morgan fingerprint density at radius 3 is 2.07 bits per heavy atom. The molecule has 0 radical (unpaired) electrons. The van der Waals surface area contributed by atoms with Gasteiger partial charge in [0, 0.05) is 5.02 Å². The zero-order valence-corrected chi connectivity index (χ0v) is 19.5. The summed E-state index contributed by atoms with van der Waals surface area (Å²) in [6, 6.07) is 17.6. The standard InChI is InChI=1S/C29H39Cl/c1-2-3-4-5-6-7-22-8-9-28-21-27(15-14-26(28)20-22)25-12-10-23(11-13-25)24-16-18-29(30)19-17-24/h10-13,16-19,22,26-28H,2-9,14-15,20-21H2,1H3. The zero-order chi connectivity index (χ0) is 20.8. The van der Waals surface area contributed by atoms with Crippen LogP contribution < -0.4 is 0 Å². The van der Waals surface area contributed by atoms with Crippen molar-refractivity contribution < 1.29 is 0 Å². The SMILES string of the molecule is CCCCCCCC1CCC2CC(c3ccc(-c4ccc(Cl)cc4)cc3)CCC2C1. The van der Waals surface area contributed by atoms with E-state index in [1.165, 1.54) is 88.2 Å². The van der Waals surface area contributed by atoms with Crippen LogP contribution in [-0.4, -0.2) is 0 Å². The molecule has 0 nitrogen and oxygen atoms in total. The highest BCUT2D eigenvalue weighted by atomic mass is 35.5. The van der Waals surface area contributed by atoms with Gasteiger partial charge in [-0.3, -0.25) is 0 Å². The van der Waals surface area contributed by atoms with Gasteiger partial charge < -0.3 is 0 Å². The minimum absolute atomic E-state index is 0.774. The highest BCUT2D eigenvalue weighted by Gasteiger charge is 2.35. The van der Waals surface area contributed by atoms with Crippen LogP contribution in [0, 0.1) is 17.8 Å². The summed E-state index contributed by atoms with van der Waals surface area (Å²) in [6.45, 7) is 2.31. The highest BCUT2D eigenvalue weighted by molar-refractivity contribution is 6.30. The van der Waals surface area contributed by atoms with Crippen LogP contribution in [0.15, 0.2) is 48.5 Å². The van der Waals surface area contributed by atoms with Crippen LogP contribution >= 0.6 is 11.6 Å². The molecule has 1 heteroatoms. The molecular weight excluding hydrogens is 384 g/mol. The predicted octanol–water partition coefficient (Wildman–Crippen LogP) is 9.67. The largest absolute Gasteiger partial charge is 0.0843 e.